The Balaban J connectivity index is 1.40. The molecule has 4 aromatic carbocycles. The summed E-state index contributed by atoms with van der Waals surface area (Å²) in [5, 5.41) is 10.2. The summed E-state index contributed by atoms with van der Waals surface area (Å²) in [5.74, 6) is 1.02. The number of nitrogens with one attached hydrogen (secondary N) is 3. The number of ether oxygens (including phenoxy) is 2. The number of anilines is 3. The van der Waals surface area contributed by atoms with E-state index < -0.39 is 6.04 Å². The fourth-order valence-corrected chi connectivity index (χ4v) is 5.35. The van der Waals surface area contributed by atoms with Crippen LogP contribution in [0.15, 0.2) is 97.1 Å². The SMILES string of the molecule is COc1ccc(CNC(C(=O)Nc2ccc(OC)cc2)c2ccc3cc(C(=O)Nc4ccccc4N)sc3c2)cc1. The molecule has 0 aliphatic rings. The fraction of sp³-hybridized carbons (Fsp3) is 0.125. The highest BCUT2D eigenvalue weighted by atomic mass is 32.1. The first-order valence-corrected chi connectivity index (χ1v) is 13.8. The maximum Gasteiger partial charge on any atom is 0.265 e. The molecule has 208 valence electrons. The van der Waals surface area contributed by atoms with Gasteiger partial charge >= 0.3 is 0 Å². The molecule has 41 heavy (non-hydrogen) atoms. The molecule has 5 N–H and O–H groups in total. The number of hydrogen-bond acceptors (Lipinski definition) is 7. The quantitative estimate of drug-likeness (QED) is 0.149. The third-order valence-corrected chi connectivity index (χ3v) is 7.70. The summed E-state index contributed by atoms with van der Waals surface area (Å²) in [6, 6.07) is 29.0. The predicted molar refractivity (Wildman–Crippen MR) is 165 cm³/mol. The second-order valence-corrected chi connectivity index (χ2v) is 10.4. The largest absolute Gasteiger partial charge is 0.497 e. The number of nitrogens with two attached hydrogens (primary N) is 1. The van der Waals surface area contributed by atoms with E-state index >= 15 is 0 Å². The van der Waals surface area contributed by atoms with Crippen molar-refractivity contribution in [3.63, 3.8) is 0 Å². The Hall–Kier alpha value is -4.86. The molecule has 8 nitrogen and oxygen atoms in total. The van der Waals surface area contributed by atoms with Crippen LogP contribution in [0.3, 0.4) is 0 Å². The number of methoxy groups -OCH3 is 2. The van der Waals surface area contributed by atoms with E-state index in [1.807, 2.05) is 60.7 Å². The Morgan fingerprint density at radius 2 is 1.51 bits per heavy atom. The highest BCUT2D eigenvalue weighted by molar-refractivity contribution is 7.20. The van der Waals surface area contributed by atoms with Crippen LogP contribution in [-0.4, -0.2) is 26.0 Å². The number of carbonyl (C=O) groups is 2. The van der Waals surface area contributed by atoms with Crippen LogP contribution in [0, 0.1) is 0 Å². The van der Waals surface area contributed by atoms with Crippen molar-refractivity contribution >= 4 is 50.3 Å². The zero-order valence-electron chi connectivity index (χ0n) is 22.6. The van der Waals surface area contributed by atoms with E-state index in [1.54, 1.807) is 50.6 Å². The standard InChI is InChI=1S/C32H30N4O4S/c1-39-24-13-7-20(8-14-24)19-34-30(32(38)35-23-11-15-25(40-2)16-12-23)22-10-9-21-17-29(41-28(21)18-22)31(37)36-27-6-4-3-5-26(27)33/h3-18,30,34H,19,33H2,1-2H3,(H,35,38)(H,36,37). The van der Waals surface area contributed by atoms with Crippen molar-refractivity contribution < 1.29 is 19.1 Å². The molecule has 0 fully saturated rings. The summed E-state index contributed by atoms with van der Waals surface area (Å²) in [7, 11) is 3.22. The fourth-order valence-electron chi connectivity index (χ4n) is 4.35. The number of benzene rings is 4. The van der Waals surface area contributed by atoms with Gasteiger partial charge in [-0.25, -0.2) is 0 Å². The minimum Gasteiger partial charge on any atom is -0.497 e. The van der Waals surface area contributed by atoms with Gasteiger partial charge in [0.2, 0.25) is 5.91 Å². The molecule has 0 saturated carbocycles. The lowest BCUT2D eigenvalue weighted by molar-refractivity contribution is -0.118. The Labute approximate surface area is 242 Å². The Morgan fingerprint density at radius 1 is 0.829 bits per heavy atom. The van der Waals surface area contributed by atoms with Crippen molar-refractivity contribution in [2.75, 3.05) is 30.6 Å². The second-order valence-electron chi connectivity index (χ2n) is 9.33. The van der Waals surface area contributed by atoms with Gasteiger partial charge in [-0.05, 0) is 77.2 Å². The van der Waals surface area contributed by atoms with Crippen molar-refractivity contribution in [3.05, 3.63) is 113 Å². The number of nitrogen functional groups attached to an aromatic ring is 1. The molecule has 2 amide bonds. The van der Waals surface area contributed by atoms with E-state index in [0.717, 1.165) is 27.0 Å². The monoisotopic (exact) mass is 566 g/mol. The van der Waals surface area contributed by atoms with Crippen molar-refractivity contribution in [1.82, 2.24) is 5.32 Å². The summed E-state index contributed by atoms with van der Waals surface area (Å²) >= 11 is 1.36. The van der Waals surface area contributed by atoms with E-state index in [0.29, 0.717) is 34.2 Å². The van der Waals surface area contributed by atoms with Gasteiger partial charge in [-0.3, -0.25) is 14.9 Å². The molecule has 0 bridgehead atoms. The number of amides is 2. The lowest BCUT2D eigenvalue weighted by atomic mass is 10.0. The molecule has 0 saturated heterocycles. The summed E-state index contributed by atoms with van der Waals surface area (Å²) in [6.45, 7) is 0.458. The summed E-state index contributed by atoms with van der Waals surface area (Å²) in [4.78, 5) is 27.1. The molecule has 9 heteroatoms. The van der Waals surface area contributed by atoms with Crippen LogP contribution in [0.1, 0.15) is 26.8 Å². The predicted octanol–water partition coefficient (Wildman–Crippen LogP) is 6.22. The van der Waals surface area contributed by atoms with Crippen molar-refractivity contribution in [3.8, 4) is 11.5 Å². The lowest BCUT2D eigenvalue weighted by Gasteiger charge is -2.19. The van der Waals surface area contributed by atoms with Crippen LogP contribution < -0.4 is 31.2 Å². The van der Waals surface area contributed by atoms with Crippen LogP contribution in [0.25, 0.3) is 10.1 Å². The third kappa shape index (κ3) is 6.66. The maximum atomic E-state index is 13.6. The molecule has 0 aliphatic heterocycles. The number of thiophene rings is 1. The zero-order chi connectivity index (χ0) is 28.8. The van der Waals surface area contributed by atoms with Crippen LogP contribution >= 0.6 is 11.3 Å². The smallest absolute Gasteiger partial charge is 0.265 e. The van der Waals surface area contributed by atoms with Gasteiger partial charge in [0.1, 0.15) is 17.5 Å². The minimum absolute atomic E-state index is 0.211. The van der Waals surface area contributed by atoms with Gasteiger partial charge in [0.15, 0.2) is 0 Å². The molecule has 1 unspecified atom stereocenters. The molecule has 0 radical (unpaired) electrons. The molecule has 1 heterocycles. The molecule has 1 aromatic heterocycles. The van der Waals surface area contributed by atoms with Crippen LogP contribution in [0.2, 0.25) is 0 Å². The van der Waals surface area contributed by atoms with Crippen molar-refractivity contribution in [2.45, 2.75) is 12.6 Å². The van der Waals surface area contributed by atoms with Gasteiger partial charge in [0.25, 0.3) is 5.91 Å². The first kappa shape index (κ1) is 27.7. The third-order valence-electron chi connectivity index (χ3n) is 6.60. The van der Waals surface area contributed by atoms with Gasteiger partial charge in [0, 0.05) is 16.9 Å². The van der Waals surface area contributed by atoms with Gasteiger partial charge in [-0.2, -0.15) is 0 Å². The maximum absolute atomic E-state index is 13.6. The molecule has 0 spiro atoms. The topological polar surface area (TPSA) is 115 Å². The van der Waals surface area contributed by atoms with E-state index in [2.05, 4.69) is 16.0 Å². The minimum atomic E-state index is -0.660. The first-order chi connectivity index (χ1) is 19.9. The van der Waals surface area contributed by atoms with Crippen LogP contribution in [0.4, 0.5) is 17.1 Å². The summed E-state index contributed by atoms with van der Waals surface area (Å²) in [6.07, 6.45) is 0. The Morgan fingerprint density at radius 3 is 2.20 bits per heavy atom. The molecule has 5 rings (SSSR count). The molecular formula is C32H30N4O4S. The number of rotatable bonds is 10. The lowest BCUT2D eigenvalue weighted by Crippen LogP contribution is -2.32. The van der Waals surface area contributed by atoms with Gasteiger partial charge in [-0.1, -0.05) is 36.4 Å². The van der Waals surface area contributed by atoms with E-state index in [4.69, 9.17) is 15.2 Å². The van der Waals surface area contributed by atoms with E-state index in [9.17, 15) is 9.59 Å². The van der Waals surface area contributed by atoms with Gasteiger partial charge in [-0.15, -0.1) is 11.3 Å². The van der Waals surface area contributed by atoms with Crippen LogP contribution in [0.5, 0.6) is 11.5 Å². The summed E-state index contributed by atoms with van der Waals surface area (Å²) in [5.41, 5.74) is 9.49. The van der Waals surface area contributed by atoms with E-state index in [-0.39, 0.29) is 11.8 Å². The number of carbonyl (C=O) groups excluding carboxylic acids is 2. The summed E-state index contributed by atoms with van der Waals surface area (Å²) < 4.78 is 11.4. The van der Waals surface area contributed by atoms with Crippen molar-refractivity contribution in [2.24, 2.45) is 0 Å². The van der Waals surface area contributed by atoms with E-state index in [1.165, 1.54) is 11.3 Å². The van der Waals surface area contributed by atoms with Gasteiger partial charge < -0.3 is 25.8 Å². The zero-order valence-corrected chi connectivity index (χ0v) is 23.5. The molecular weight excluding hydrogens is 536 g/mol. The number of para-hydroxylation sites is 2. The molecule has 5 aromatic rings. The number of fused-ring (bicyclic) bond motifs is 1. The Kier molecular flexibility index (Phi) is 8.47. The number of hydrogen-bond donors (Lipinski definition) is 4. The first-order valence-electron chi connectivity index (χ1n) is 12.9. The highest BCUT2D eigenvalue weighted by Crippen LogP contribution is 2.30. The highest BCUT2D eigenvalue weighted by Gasteiger charge is 2.22. The second kappa shape index (κ2) is 12.5. The molecule has 1 atom stereocenters. The average Bonchev–Trinajstić information content (AvgIpc) is 3.43. The average molecular weight is 567 g/mol. The molecule has 0 aliphatic carbocycles. The van der Waals surface area contributed by atoms with Crippen molar-refractivity contribution in [1.29, 1.82) is 0 Å². The van der Waals surface area contributed by atoms with Crippen LogP contribution in [-0.2, 0) is 11.3 Å². The van der Waals surface area contributed by atoms with Gasteiger partial charge in [0.05, 0.1) is 30.5 Å². The normalized spacial score (nSPS) is 11.6. The Bertz CT molecular complexity index is 1670.